The number of rotatable bonds is 7. The molecule has 1 aromatic rings. The van der Waals surface area contributed by atoms with Crippen molar-refractivity contribution in [2.75, 3.05) is 39.9 Å². The molecule has 0 spiro atoms. The van der Waals surface area contributed by atoms with Crippen LogP contribution in [-0.4, -0.2) is 74.3 Å². The van der Waals surface area contributed by atoms with E-state index in [0.29, 0.717) is 31.7 Å². The molecule has 1 saturated heterocycles. The summed E-state index contributed by atoms with van der Waals surface area (Å²) in [5.41, 5.74) is 0.524. The Kier molecular flexibility index (Phi) is 7.33. The van der Waals surface area contributed by atoms with Crippen molar-refractivity contribution in [3.05, 3.63) is 23.8 Å². The van der Waals surface area contributed by atoms with E-state index in [1.807, 2.05) is 0 Å². The van der Waals surface area contributed by atoms with Crippen molar-refractivity contribution < 1.29 is 32.7 Å². The highest BCUT2D eigenvalue weighted by atomic mass is 19.3. The van der Waals surface area contributed by atoms with Gasteiger partial charge in [-0.1, -0.05) is 5.16 Å². The molecular formula is C17H21F2N3O5. The van der Waals surface area contributed by atoms with Crippen LogP contribution in [-0.2, 0) is 14.4 Å². The van der Waals surface area contributed by atoms with Gasteiger partial charge in [0.05, 0.1) is 13.3 Å². The Labute approximate surface area is 155 Å². The summed E-state index contributed by atoms with van der Waals surface area (Å²) in [7, 11) is 1.33. The van der Waals surface area contributed by atoms with Crippen LogP contribution in [0.5, 0.6) is 11.5 Å². The molecule has 1 aliphatic heterocycles. The lowest BCUT2D eigenvalue weighted by atomic mass is 10.2. The summed E-state index contributed by atoms with van der Waals surface area (Å²) in [4.78, 5) is 31.6. The number of halogens is 2. The molecule has 0 aliphatic carbocycles. The monoisotopic (exact) mass is 385 g/mol. The molecule has 0 N–H and O–H groups in total. The van der Waals surface area contributed by atoms with E-state index >= 15 is 0 Å². The number of nitrogens with zero attached hydrogens (tertiary/aromatic N) is 3. The molecule has 27 heavy (non-hydrogen) atoms. The lowest BCUT2D eigenvalue weighted by molar-refractivity contribution is -0.141. The van der Waals surface area contributed by atoms with Gasteiger partial charge in [-0.15, -0.1) is 0 Å². The first-order chi connectivity index (χ1) is 12.9. The third kappa shape index (κ3) is 6.08. The first kappa shape index (κ1) is 20.4. The van der Waals surface area contributed by atoms with Crippen LogP contribution >= 0.6 is 0 Å². The topological polar surface area (TPSA) is 80.7 Å². The molecule has 0 saturated carbocycles. The normalized spacial score (nSPS) is 14.6. The number of carbonyl (C=O) groups excluding carboxylic acids is 2. The molecule has 8 nitrogen and oxygen atoms in total. The zero-order chi connectivity index (χ0) is 19.8. The second kappa shape index (κ2) is 9.70. The minimum absolute atomic E-state index is 0.0108. The van der Waals surface area contributed by atoms with Crippen LogP contribution in [0.4, 0.5) is 8.78 Å². The molecule has 2 rings (SSSR count). The van der Waals surface area contributed by atoms with Gasteiger partial charge in [-0.2, -0.15) is 8.78 Å². The summed E-state index contributed by atoms with van der Waals surface area (Å²) >= 11 is 0. The number of ether oxygens (including phenoxy) is 2. The summed E-state index contributed by atoms with van der Waals surface area (Å²) in [6.45, 7) is 0.207. The van der Waals surface area contributed by atoms with Gasteiger partial charge in [-0.3, -0.25) is 9.59 Å². The van der Waals surface area contributed by atoms with Crippen molar-refractivity contribution >= 4 is 18.0 Å². The molecule has 10 heteroatoms. The summed E-state index contributed by atoms with van der Waals surface area (Å²) in [6, 6.07) is 4.27. The maximum Gasteiger partial charge on any atom is 0.387 e. The average Bonchev–Trinajstić information content (AvgIpc) is 2.65. The van der Waals surface area contributed by atoms with Gasteiger partial charge in [0.1, 0.15) is 0 Å². The first-order valence-electron chi connectivity index (χ1n) is 8.22. The van der Waals surface area contributed by atoms with E-state index in [0.717, 1.165) is 0 Å². The molecule has 0 aromatic heterocycles. The Hall–Kier alpha value is -2.91. The standard InChI is InChI=1S/C17H21F2N3O5/c1-12(23)21-5-7-22(8-6-21)16(24)11-26-20-10-13-3-4-14(27-17(18)19)15(9-13)25-2/h3-4,9-10,17H,5-8,11H2,1-2H3/b20-10-. The number of amides is 2. The van der Waals surface area contributed by atoms with Gasteiger partial charge in [-0.25, -0.2) is 0 Å². The number of oxime groups is 1. The second-order valence-corrected chi connectivity index (χ2v) is 5.68. The van der Waals surface area contributed by atoms with E-state index in [4.69, 9.17) is 9.57 Å². The number of benzene rings is 1. The number of hydrogen-bond donors (Lipinski definition) is 0. The fourth-order valence-electron chi connectivity index (χ4n) is 2.51. The highest BCUT2D eigenvalue weighted by Crippen LogP contribution is 2.28. The van der Waals surface area contributed by atoms with Crippen LogP contribution in [0.25, 0.3) is 0 Å². The fourth-order valence-corrected chi connectivity index (χ4v) is 2.51. The van der Waals surface area contributed by atoms with Gasteiger partial charge in [-0.05, 0) is 18.2 Å². The van der Waals surface area contributed by atoms with E-state index in [2.05, 4.69) is 9.89 Å². The van der Waals surface area contributed by atoms with Crippen LogP contribution in [0, 0.1) is 0 Å². The fraction of sp³-hybridized carbons (Fsp3) is 0.471. The highest BCUT2D eigenvalue weighted by Gasteiger charge is 2.22. The van der Waals surface area contributed by atoms with E-state index in [-0.39, 0.29) is 29.9 Å². The molecular weight excluding hydrogens is 364 g/mol. The number of hydrogen-bond acceptors (Lipinski definition) is 6. The van der Waals surface area contributed by atoms with Crippen molar-refractivity contribution in [2.45, 2.75) is 13.5 Å². The molecule has 0 unspecified atom stereocenters. The minimum Gasteiger partial charge on any atom is -0.493 e. The van der Waals surface area contributed by atoms with E-state index < -0.39 is 6.61 Å². The Morgan fingerprint density at radius 1 is 1.19 bits per heavy atom. The molecule has 0 radical (unpaired) electrons. The van der Waals surface area contributed by atoms with Crippen LogP contribution in [0.1, 0.15) is 12.5 Å². The quantitative estimate of drug-likeness (QED) is 0.523. The molecule has 1 aromatic carbocycles. The predicted molar refractivity (Wildman–Crippen MR) is 92.0 cm³/mol. The van der Waals surface area contributed by atoms with Crippen molar-refractivity contribution in [1.29, 1.82) is 0 Å². The molecule has 148 valence electrons. The molecule has 0 atom stereocenters. The van der Waals surface area contributed by atoms with E-state index in [9.17, 15) is 18.4 Å². The Morgan fingerprint density at radius 2 is 1.85 bits per heavy atom. The summed E-state index contributed by atoms with van der Waals surface area (Å²) in [5.74, 6) is -0.207. The van der Waals surface area contributed by atoms with E-state index in [1.54, 1.807) is 9.80 Å². The highest BCUT2D eigenvalue weighted by molar-refractivity contribution is 5.81. The maximum atomic E-state index is 12.3. The van der Waals surface area contributed by atoms with Crippen LogP contribution in [0.3, 0.4) is 0 Å². The number of methoxy groups -OCH3 is 1. The zero-order valence-corrected chi connectivity index (χ0v) is 15.1. The van der Waals surface area contributed by atoms with Crippen LogP contribution < -0.4 is 9.47 Å². The lowest BCUT2D eigenvalue weighted by Crippen LogP contribution is -2.50. The lowest BCUT2D eigenvalue weighted by Gasteiger charge is -2.33. The molecule has 1 fully saturated rings. The largest absolute Gasteiger partial charge is 0.493 e. The van der Waals surface area contributed by atoms with Crippen molar-refractivity contribution in [1.82, 2.24) is 9.80 Å². The van der Waals surface area contributed by atoms with Crippen LogP contribution in [0.2, 0.25) is 0 Å². The zero-order valence-electron chi connectivity index (χ0n) is 15.1. The van der Waals surface area contributed by atoms with Crippen molar-refractivity contribution in [3.63, 3.8) is 0 Å². The van der Waals surface area contributed by atoms with Crippen molar-refractivity contribution in [2.24, 2.45) is 5.16 Å². The van der Waals surface area contributed by atoms with Gasteiger partial charge >= 0.3 is 6.61 Å². The SMILES string of the molecule is COc1cc(/C=N\OCC(=O)N2CCN(C(C)=O)CC2)ccc1OC(F)F. The molecule has 2 amide bonds. The van der Waals surface area contributed by atoms with Gasteiger partial charge in [0.2, 0.25) is 5.91 Å². The summed E-state index contributed by atoms with van der Waals surface area (Å²) in [5, 5.41) is 3.70. The Morgan fingerprint density at radius 3 is 2.44 bits per heavy atom. The minimum atomic E-state index is -2.95. The van der Waals surface area contributed by atoms with E-state index in [1.165, 1.54) is 38.4 Å². The average molecular weight is 385 g/mol. The molecule has 1 heterocycles. The molecule has 1 aliphatic rings. The van der Waals surface area contributed by atoms with Crippen LogP contribution in [0.15, 0.2) is 23.4 Å². The van der Waals surface area contributed by atoms with Gasteiger partial charge in [0.15, 0.2) is 18.1 Å². The summed E-state index contributed by atoms with van der Waals surface area (Å²) in [6.07, 6.45) is 1.33. The third-order valence-electron chi connectivity index (χ3n) is 3.95. The van der Waals surface area contributed by atoms with Crippen molar-refractivity contribution in [3.8, 4) is 11.5 Å². The van der Waals surface area contributed by atoms with Gasteiger partial charge in [0.25, 0.3) is 5.91 Å². The Balaban J connectivity index is 1.82. The molecule has 0 bridgehead atoms. The predicted octanol–water partition coefficient (Wildman–Crippen LogP) is 1.34. The maximum absolute atomic E-state index is 12.3. The number of alkyl halides is 2. The number of carbonyl (C=O) groups is 2. The Bertz CT molecular complexity index is 691. The second-order valence-electron chi connectivity index (χ2n) is 5.68. The van der Waals surface area contributed by atoms with Gasteiger partial charge in [0, 0.05) is 38.7 Å². The third-order valence-corrected chi connectivity index (χ3v) is 3.95. The first-order valence-corrected chi connectivity index (χ1v) is 8.22. The van der Waals surface area contributed by atoms with Gasteiger partial charge < -0.3 is 24.1 Å². The number of piperazine rings is 1. The smallest absolute Gasteiger partial charge is 0.387 e. The summed E-state index contributed by atoms with van der Waals surface area (Å²) < 4.78 is 33.9.